The first-order valence-corrected chi connectivity index (χ1v) is 12.0. The SMILES string of the molecule is CCn1c(C(=O)OC)c(C(=O)OC)c2ccc(OCCC3CCN(C(=O)OC(C)(C)C)CC3)cc21. The average molecular weight is 489 g/mol. The largest absolute Gasteiger partial charge is 0.494 e. The number of ether oxygens (including phenoxy) is 4. The summed E-state index contributed by atoms with van der Waals surface area (Å²) in [4.78, 5) is 38.9. The van der Waals surface area contributed by atoms with E-state index in [4.69, 9.17) is 18.9 Å². The van der Waals surface area contributed by atoms with Crippen molar-refractivity contribution in [3.05, 3.63) is 29.5 Å². The van der Waals surface area contributed by atoms with E-state index in [1.165, 1.54) is 14.2 Å². The van der Waals surface area contributed by atoms with Crippen molar-refractivity contribution in [3.63, 3.8) is 0 Å². The molecule has 1 fully saturated rings. The third-order valence-corrected chi connectivity index (χ3v) is 6.18. The first-order chi connectivity index (χ1) is 16.6. The van der Waals surface area contributed by atoms with E-state index < -0.39 is 17.5 Å². The summed E-state index contributed by atoms with van der Waals surface area (Å²) in [6.07, 6.45) is 2.43. The number of carbonyl (C=O) groups is 3. The van der Waals surface area contributed by atoms with Crippen LogP contribution in [0.15, 0.2) is 18.2 Å². The van der Waals surface area contributed by atoms with Crippen LogP contribution < -0.4 is 4.74 Å². The van der Waals surface area contributed by atoms with Gasteiger partial charge in [-0.3, -0.25) is 0 Å². The number of hydrogen-bond acceptors (Lipinski definition) is 7. The summed E-state index contributed by atoms with van der Waals surface area (Å²) in [5.41, 5.74) is 0.581. The van der Waals surface area contributed by atoms with E-state index in [2.05, 4.69) is 0 Å². The van der Waals surface area contributed by atoms with Gasteiger partial charge in [0.15, 0.2) is 0 Å². The van der Waals surface area contributed by atoms with Gasteiger partial charge in [0.1, 0.15) is 22.6 Å². The fraction of sp³-hybridized carbons (Fsp3) is 0.577. The number of piperidine rings is 1. The first-order valence-electron chi connectivity index (χ1n) is 12.0. The number of nitrogens with zero attached hydrogens (tertiary/aromatic N) is 2. The van der Waals surface area contributed by atoms with Crippen molar-refractivity contribution in [1.29, 1.82) is 0 Å². The number of likely N-dealkylation sites (tertiary alicyclic amines) is 1. The molecule has 0 aliphatic carbocycles. The molecular weight excluding hydrogens is 452 g/mol. The fourth-order valence-electron chi connectivity index (χ4n) is 4.44. The normalized spacial score (nSPS) is 14.6. The van der Waals surface area contributed by atoms with Gasteiger partial charge in [-0.1, -0.05) is 0 Å². The van der Waals surface area contributed by atoms with E-state index in [9.17, 15) is 14.4 Å². The Bertz CT molecular complexity index is 1080. The number of aryl methyl sites for hydroxylation is 1. The fourth-order valence-corrected chi connectivity index (χ4v) is 4.44. The molecule has 0 saturated carbocycles. The third-order valence-electron chi connectivity index (χ3n) is 6.18. The van der Waals surface area contributed by atoms with E-state index in [-0.39, 0.29) is 17.4 Å². The van der Waals surface area contributed by atoms with Gasteiger partial charge >= 0.3 is 18.0 Å². The molecule has 3 rings (SSSR count). The maximum atomic E-state index is 12.5. The number of benzene rings is 1. The molecule has 0 spiro atoms. The van der Waals surface area contributed by atoms with Gasteiger partial charge in [-0.05, 0) is 65.0 Å². The highest BCUT2D eigenvalue weighted by Gasteiger charge is 2.29. The number of amides is 1. The molecule has 0 N–H and O–H groups in total. The van der Waals surface area contributed by atoms with Gasteiger partial charge in [0.2, 0.25) is 0 Å². The minimum absolute atomic E-state index is 0.172. The van der Waals surface area contributed by atoms with Crippen LogP contribution in [-0.4, -0.2) is 67.0 Å². The molecule has 2 heterocycles. The van der Waals surface area contributed by atoms with Gasteiger partial charge in [0.05, 0.1) is 26.3 Å². The van der Waals surface area contributed by atoms with Gasteiger partial charge in [-0.25, -0.2) is 14.4 Å². The van der Waals surface area contributed by atoms with Crippen LogP contribution in [0.5, 0.6) is 5.75 Å². The van der Waals surface area contributed by atoms with Crippen LogP contribution in [-0.2, 0) is 20.8 Å². The lowest BCUT2D eigenvalue weighted by atomic mass is 9.94. The Kier molecular flexibility index (Phi) is 8.30. The van der Waals surface area contributed by atoms with E-state index in [1.807, 2.05) is 33.8 Å². The summed E-state index contributed by atoms with van der Waals surface area (Å²) in [6.45, 7) is 9.87. The zero-order valence-electron chi connectivity index (χ0n) is 21.5. The minimum Gasteiger partial charge on any atom is -0.494 e. The zero-order valence-corrected chi connectivity index (χ0v) is 21.5. The molecule has 1 saturated heterocycles. The molecule has 1 aromatic carbocycles. The molecule has 2 aromatic rings. The molecule has 1 aliphatic heterocycles. The molecule has 192 valence electrons. The Morgan fingerprint density at radius 3 is 2.26 bits per heavy atom. The smallest absolute Gasteiger partial charge is 0.410 e. The maximum Gasteiger partial charge on any atom is 0.410 e. The van der Waals surface area contributed by atoms with Gasteiger partial charge in [0, 0.05) is 31.1 Å². The highest BCUT2D eigenvalue weighted by Crippen LogP contribution is 2.31. The predicted octanol–water partition coefficient (Wildman–Crippen LogP) is 4.65. The summed E-state index contributed by atoms with van der Waals surface area (Å²) >= 11 is 0. The molecule has 0 unspecified atom stereocenters. The Hall–Kier alpha value is -3.23. The molecular formula is C26H36N2O7. The van der Waals surface area contributed by atoms with Gasteiger partial charge in [-0.2, -0.15) is 0 Å². The van der Waals surface area contributed by atoms with Crippen LogP contribution in [0, 0.1) is 5.92 Å². The van der Waals surface area contributed by atoms with Gasteiger partial charge in [0.25, 0.3) is 0 Å². The molecule has 1 amide bonds. The third kappa shape index (κ3) is 6.07. The molecule has 35 heavy (non-hydrogen) atoms. The average Bonchev–Trinajstić information content (AvgIpc) is 3.16. The topological polar surface area (TPSA) is 96.3 Å². The molecule has 1 aromatic heterocycles. The number of fused-ring (bicyclic) bond motifs is 1. The number of esters is 2. The Morgan fingerprint density at radius 2 is 1.69 bits per heavy atom. The van der Waals surface area contributed by atoms with Crippen LogP contribution in [0.4, 0.5) is 4.79 Å². The monoisotopic (exact) mass is 488 g/mol. The summed E-state index contributed by atoms with van der Waals surface area (Å²) in [6, 6.07) is 5.40. The second-order valence-corrected chi connectivity index (χ2v) is 9.68. The summed E-state index contributed by atoms with van der Waals surface area (Å²) in [5.74, 6) is -0.0601. The molecule has 0 bridgehead atoms. The number of hydrogen-bond donors (Lipinski definition) is 0. The van der Waals surface area contributed by atoms with Crippen LogP contribution >= 0.6 is 0 Å². The van der Waals surface area contributed by atoms with Crippen LogP contribution in [0.1, 0.15) is 67.8 Å². The highest BCUT2D eigenvalue weighted by atomic mass is 16.6. The van der Waals surface area contributed by atoms with Crippen molar-refractivity contribution < 1.29 is 33.3 Å². The molecule has 1 aliphatic rings. The summed E-state index contributed by atoms with van der Waals surface area (Å²) < 4.78 is 23.1. The lowest BCUT2D eigenvalue weighted by Gasteiger charge is -2.33. The summed E-state index contributed by atoms with van der Waals surface area (Å²) in [7, 11) is 2.57. The van der Waals surface area contributed by atoms with E-state index in [0.29, 0.717) is 48.8 Å². The molecule has 0 radical (unpaired) electrons. The first kappa shape index (κ1) is 26.4. The van der Waals surface area contributed by atoms with Crippen LogP contribution in [0.25, 0.3) is 10.9 Å². The van der Waals surface area contributed by atoms with E-state index >= 15 is 0 Å². The molecule has 0 atom stereocenters. The van der Waals surface area contributed by atoms with Crippen LogP contribution in [0.2, 0.25) is 0 Å². The van der Waals surface area contributed by atoms with Gasteiger partial charge in [-0.15, -0.1) is 0 Å². The number of methoxy groups -OCH3 is 2. The molecule has 9 heteroatoms. The highest BCUT2D eigenvalue weighted by molar-refractivity contribution is 6.13. The lowest BCUT2D eigenvalue weighted by molar-refractivity contribution is 0.0177. The number of carbonyl (C=O) groups excluding carboxylic acids is 3. The predicted molar refractivity (Wildman–Crippen MR) is 131 cm³/mol. The van der Waals surface area contributed by atoms with Crippen molar-refractivity contribution in [2.24, 2.45) is 5.92 Å². The van der Waals surface area contributed by atoms with Crippen molar-refractivity contribution in [3.8, 4) is 5.75 Å². The van der Waals surface area contributed by atoms with Crippen molar-refractivity contribution in [1.82, 2.24) is 9.47 Å². The Labute approximate surface area is 206 Å². The van der Waals surface area contributed by atoms with E-state index in [0.717, 1.165) is 19.3 Å². The lowest BCUT2D eigenvalue weighted by Crippen LogP contribution is -2.41. The van der Waals surface area contributed by atoms with Crippen LogP contribution in [0.3, 0.4) is 0 Å². The minimum atomic E-state index is -0.594. The summed E-state index contributed by atoms with van der Waals surface area (Å²) in [5, 5.41) is 0.612. The van der Waals surface area contributed by atoms with E-state index in [1.54, 1.807) is 21.6 Å². The number of rotatable bonds is 7. The maximum absolute atomic E-state index is 12.5. The standard InChI is InChI=1S/C26H36N2O7/c1-7-28-20-16-18(8-9-19(20)21(23(29)32-5)22(28)24(30)33-6)34-15-12-17-10-13-27(14-11-17)25(31)35-26(2,3)4/h8-9,16-17H,7,10-15H2,1-6H3. The second kappa shape index (κ2) is 11.0. The second-order valence-electron chi connectivity index (χ2n) is 9.68. The van der Waals surface area contributed by atoms with Crippen molar-refractivity contribution in [2.45, 2.75) is 59.1 Å². The Morgan fingerprint density at radius 1 is 1.03 bits per heavy atom. The van der Waals surface area contributed by atoms with Crippen molar-refractivity contribution in [2.75, 3.05) is 33.9 Å². The van der Waals surface area contributed by atoms with Crippen molar-refractivity contribution >= 4 is 28.9 Å². The number of aromatic nitrogens is 1. The Balaban J connectivity index is 1.65. The molecule has 9 nitrogen and oxygen atoms in total. The van der Waals surface area contributed by atoms with Gasteiger partial charge < -0.3 is 28.4 Å². The quantitative estimate of drug-likeness (QED) is 0.413. The zero-order chi connectivity index (χ0) is 25.8.